The Balaban J connectivity index is 1.56. The molecule has 1 N–H and O–H groups in total. The maximum atomic E-state index is 12.8. The van der Waals surface area contributed by atoms with Gasteiger partial charge in [0.25, 0.3) is 5.91 Å². The Bertz CT molecular complexity index is 603. The van der Waals surface area contributed by atoms with Crippen LogP contribution in [0.5, 0.6) is 0 Å². The minimum absolute atomic E-state index is 0.0187. The molecule has 26 heavy (non-hydrogen) atoms. The summed E-state index contributed by atoms with van der Waals surface area (Å²) < 4.78 is 1.73. The van der Waals surface area contributed by atoms with Gasteiger partial charge in [-0.25, -0.2) is 0 Å². The molecule has 1 aromatic heterocycles. The normalized spacial score (nSPS) is 23.5. The molecule has 0 saturated carbocycles. The Morgan fingerprint density at radius 3 is 2.65 bits per heavy atom. The number of piperidine rings is 2. The Labute approximate surface area is 157 Å². The van der Waals surface area contributed by atoms with Crippen molar-refractivity contribution in [3.05, 3.63) is 17.5 Å². The second-order valence-corrected chi connectivity index (χ2v) is 8.58. The molecule has 0 aromatic carbocycles. The Morgan fingerprint density at radius 1 is 1.23 bits per heavy atom. The summed E-state index contributed by atoms with van der Waals surface area (Å²) in [6, 6.07) is 2.88. The van der Waals surface area contributed by atoms with E-state index in [1.54, 1.807) is 4.68 Å². The van der Waals surface area contributed by atoms with E-state index in [-0.39, 0.29) is 11.9 Å². The average Bonchev–Trinajstić information content (AvgIpc) is 2.95. The third kappa shape index (κ3) is 4.86. The van der Waals surface area contributed by atoms with Crippen molar-refractivity contribution in [1.82, 2.24) is 24.9 Å². The van der Waals surface area contributed by atoms with E-state index in [1.165, 1.54) is 38.9 Å². The maximum absolute atomic E-state index is 12.8. The van der Waals surface area contributed by atoms with Crippen LogP contribution >= 0.6 is 0 Å². The molecule has 0 aliphatic carbocycles. The number of carbonyl (C=O) groups is 1. The largest absolute Gasteiger partial charge is 0.347 e. The summed E-state index contributed by atoms with van der Waals surface area (Å²) in [5, 5.41) is 7.77. The van der Waals surface area contributed by atoms with Crippen LogP contribution in [0.4, 0.5) is 0 Å². The van der Waals surface area contributed by atoms with Crippen molar-refractivity contribution in [2.45, 2.75) is 58.0 Å². The molecule has 6 nitrogen and oxygen atoms in total. The lowest BCUT2D eigenvalue weighted by atomic mass is 9.98. The van der Waals surface area contributed by atoms with Crippen molar-refractivity contribution in [3.8, 4) is 0 Å². The molecule has 3 heterocycles. The molecular weight excluding hydrogens is 326 g/mol. The first-order chi connectivity index (χ1) is 12.4. The topological polar surface area (TPSA) is 53.4 Å². The van der Waals surface area contributed by atoms with Crippen molar-refractivity contribution in [2.24, 2.45) is 13.0 Å². The van der Waals surface area contributed by atoms with E-state index < -0.39 is 0 Å². The number of amides is 1. The molecule has 1 aromatic rings. The van der Waals surface area contributed by atoms with Gasteiger partial charge in [-0.2, -0.15) is 5.10 Å². The first-order valence-electron chi connectivity index (χ1n) is 10.2. The molecule has 0 spiro atoms. The van der Waals surface area contributed by atoms with Gasteiger partial charge >= 0.3 is 0 Å². The summed E-state index contributed by atoms with van der Waals surface area (Å²) in [6.07, 6.45) is 5.65. The van der Waals surface area contributed by atoms with Gasteiger partial charge in [-0.15, -0.1) is 0 Å². The van der Waals surface area contributed by atoms with Crippen molar-refractivity contribution >= 4 is 5.91 Å². The zero-order valence-corrected chi connectivity index (χ0v) is 16.9. The maximum Gasteiger partial charge on any atom is 0.269 e. The van der Waals surface area contributed by atoms with Gasteiger partial charge in [0.1, 0.15) is 5.69 Å². The van der Waals surface area contributed by atoms with E-state index in [4.69, 9.17) is 0 Å². The van der Waals surface area contributed by atoms with Crippen LogP contribution in [0.1, 0.15) is 55.7 Å². The van der Waals surface area contributed by atoms with Crippen LogP contribution < -0.4 is 5.32 Å². The monoisotopic (exact) mass is 361 g/mol. The lowest BCUT2D eigenvalue weighted by molar-refractivity contribution is 0.0760. The number of aryl methyl sites for hydroxylation is 1. The highest BCUT2D eigenvalue weighted by Gasteiger charge is 2.29. The van der Waals surface area contributed by atoms with Crippen LogP contribution in [0.25, 0.3) is 0 Å². The Hall–Kier alpha value is -1.40. The summed E-state index contributed by atoms with van der Waals surface area (Å²) >= 11 is 0. The quantitative estimate of drug-likeness (QED) is 0.870. The summed E-state index contributed by atoms with van der Waals surface area (Å²) in [5.74, 6) is 0.562. The molecule has 146 valence electrons. The number of nitrogens with zero attached hydrogens (tertiary/aromatic N) is 4. The second kappa shape index (κ2) is 8.53. The fourth-order valence-electron chi connectivity index (χ4n) is 4.33. The van der Waals surface area contributed by atoms with Crippen molar-refractivity contribution in [2.75, 3.05) is 33.2 Å². The minimum atomic E-state index is 0.0187. The van der Waals surface area contributed by atoms with Crippen LogP contribution in [0.15, 0.2) is 6.07 Å². The smallest absolute Gasteiger partial charge is 0.269 e. The predicted molar refractivity (Wildman–Crippen MR) is 104 cm³/mol. The third-order valence-corrected chi connectivity index (χ3v) is 5.77. The molecule has 0 radical (unpaired) electrons. The predicted octanol–water partition coefficient (Wildman–Crippen LogP) is 1.91. The second-order valence-electron chi connectivity index (χ2n) is 8.58. The van der Waals surface area contributed by atoms with E-state index >= 15 is 0 Å². The fourth-order valence-corrected chi connectivity index (χ4v) is 4.33. The number of hydrogen-bond acceptors (Lipinski definition) is 4. The third-order valence-electron chi connectivity index (χ3n) is 5.77. The zero-order valence-electron chi connectivity index (χ0n) is 16.9. The molecule has 2 aliphatic heterocycles. The highest BCUT2D eigenvalue weighted by atomic mass is 16.2. The highest BCUT2D eigenvalue weighted by Crippen LogP contribution is 2.21. The lowest BCUT2D eigenvalue weighted by Gasteiger charge is -2.41. The fraction of sp³-hybridized carbons (Fsp3) is 0.800. The van der Waals surface area contributed by atoms with Gasteiger partial charge in [-0.05, 0) is 70.8 Å². The molecule has 1 unspecified atom stereocenters. The van der Waals surface area contributed by atoms with Crippen molar-refractivity contribution < 1.29 is 4.79 Å². The molecule has 1 atom stereocenters. The van der Waals surface area contributed by atoms with Gasteiger partial charge in [0.15, 0.2) is 0 Å². The van der Waals surface area contributed by atoms with Crippen molar-refractivity contribution in [3.63, 3.8) is 0 Å². The zero-order chi connectivity index (χ0) is 18.7. The molecule has 2 saturated heterocycles. The highest BCUT2D eigenvalue weighted by molar-refractivity contribution is 5.92. The lowest BCUT2D eigenvalue weighted by Crippen LogP contribution is -2.53. The van der Waals surface area contributed by atoms with Gasteiger partial charge in [0.05, 0.1) is 5.69 Å². The molecule has 6 heteroatoms. The van der Waals surface area contributed by atoms with Crippen LogP contribution in [0.3, 0.4) is 0 Å². The number of carbonyl (C=O) groups excluding carboxylic acids is 1. The Kier molecular flexibility index (Phi) is 6.35. The summed E-state index contributed by atoms with van der Waals surface area (Å²) in [4.78, 5) is 17.8. The van der Waals surface area contributed by atoms with Gasteiger partial charge in [0, 0.05) is 25.7 Å². The van der Waals surface area contributed by atoms with Crippen LogP contribution in [0.2, 0.25) is 0 Å². The Morgan fingerprint density at radius 2 is 1.96 bits per heavy atom. The first-order valence-corrected chi connectivity index (χ1v) is 10.2. The first kappa shape index (κ1) is 19.4. The number of rotatable bonds is 5. The van der Waals surface area contributed by atoms with Crippen molar-refractivity contribution in [1.29, 1.82) is 0 Å². The van der Waals surface area contributed by atoms with E-state index in [1.807, 2.05) is 13.1 Å². The van der Waals surface area contributed by atoms with E-state index in [9.17, 15) is 4.79 Å². The standard InChI is InChI=1S/C20H35N5O/c1-15(2)12-17-13-19(24(4)22-17)20(26)21-16-6-5-9-25(14-16)18-7-10-23(3)11-8-18/h13,15-16,18H,5-12,14H2,1-4H3,(H,21,26). The molecule has 1 amide bonds. The molecule has 3 rings (SSSR count). The van der Waals surface area contributed by atoms with Gasteiger partial charge < -0.3 is 10.2 Å². The van der Waals surface area contributed by atoms with Gasteiger partial charge in [-0.1, -0.05) is 13.8 Å². The molecule has 2 aliphatic rings. The number of nitrogens with one attached hydrogen (secondary N) is 1. The van der Waals surface area contributed by atoms with Crippen LogP contribution in [-0.2, 0) is 13.5 Å². The van der Waals surface area contributed by atoms with E-state index in [0.717, 1.165) is 25.1 Å². The summed E-state index contributed by atoms with van der Waals surface area (Å²) in [5.41, 5.74) is 1.68. The van der Waals surface area contributed by atoms with Gasteiger partial charge in [-0.3, -0.25) is 14.4 Å². The van der Waals surface area contributed by atoms with Crippen LogP contribution in [0, 0.1) is 5.92 Å². The average molecular weight is 362 g/mol. The molecular formula is C20H35N5O. The number of hydrogen-bond donors (Lipinski definition) is 1. The molecule has 0 bridgehead atoms. The minimum Gasteiger partial charge on any atom is -0.347 e. The molecule has 2 fully saturated rings. The van der Waals surface area contributed by atoms with E-state index in [0.29, 0.717) is 17.7 Å². The number of likely N-dealkylation sites (tertiary alicyclic amines) is 2. The SMILES string of the molecule is CC(C)Cc1cc(C(=O)NC2CCCN(C3CCN(C)CC3)C2)n(C)n1. The van der Waals surface area contributed by atoms with E-state index in [2.05, 4.69) is 41.1 Å². The number of aromatic nitrogens is 2. The van der Waals surface area contributed by atoms with Gasteiger partial charge in [0.2, 0.25) is 0 Å². The summed E-state index contributed by atoms with van der Waals surface area (Å²) in [6.45, 7) is 8.88. The summed E-state index contributed by atoms with van der Waals surface area (Å²) in [7, 11) is 4.07. The van der Waals surface area contributed by atoms with Crippen LogP contribution in [-0.4, -0.2) is 70.8 Å².